The highest BCUT2D eigenvalue weighted by Gasteiger charge is 2.30. The molecule has 2 saturated heterocycles. The average Bonchev–Trinajstić information content (AvgIpc) is 3.92. The van der Waals surface area contributed by atoms with Crippen LogP contribution in [0.25, 0.3) is 0 Å². The molecule has 3 aromatic rings. The van der Waals surface area contributed by atoms with Crippen LogP contribution in [0.3, 0.4) is 0 Å². The van der Waals surface area contributed by atoms with Gasteiger partial charge in [-0.1, -0.05) is 12.1 Å². The van der Waals surface area contributed by atoms with Gasteiger partial charge in [0.05, 0.1) is 12.7 Å². The number of piperidine rings is 2. The SMILES string of the molecule is COc1ccc(CN2CCC(NC(=O)c3ccc(C(=O)N4CCC(Oc5ccc(C(=O)C6CC6)cc5)CC4)nc3)CC2)cc1. The molecule has 1 aromatic heterocycles. The average molecular weight is 597 g/mol. The molecule has 3 heterocycles. The van der Waals surface area contributed by atoms with Crippen LogP contribution in [0.1, 0.15) is 75.3 Å². The molecule has 2 aliphatic heterocycles. The number of hydrogen-bond acceptors (Lipinski definition) is 7. The summed E-state index contributed by atoms with van der Waals surface area (Å²) in [5, 5.41) is 3.14. The Morgan fingerprint density at radius 1 is 0.795 bits per heavy atom. The summed E-state index contributed by atoms with van der Waals surface area (Å²) in [6.45, 7) is 3.86. The fourth-order valence-corrected chi connectivity index (χ4v) is 5.96. The van der Waals surface area contributed by atoms with E-state index in [4.69, 9.17) is 9.47 Å². The van der Waals surface area contributed by atoms with Gasteiger partial charge in [-0.3, -0.25) is 24.3 Å². The van der Waals surface area contributed by atoms with Gasteiger partial charge in [-0.05, 0) is 79.8 Å². The molecule has 9 heteroatoms. The topological polar surface area (TPSA) is 101 Å². The Kier molecular flexibility index (Phi) is 9.21. The van der Waals surface area contributed by atoms with Crippen LogP contribution < -0.4 is 14.8 Å². The number of methoxy groups -OCH3 is 1. The number of amides is 2. The summed E-state index contributed by atoms with van der Waals surface area (Å²) in [6, 6.07) is 19.0. The van der Waals surface area contributed by atoms with E-state index in [9.17, 15) is 14.4 Å². The van der Waals surface area contributed by atoms with Crippen LogP contribution in [-0.2, 0) is 6.54 Å². The first kappa shape index (κ1) is 29.8. The van der Waals surface area contributed by atoms with Crippen LogP contribution in [0.15, 0.2) is 66.9 Å². The van der Waals surface area contributed by atoms with Gasteiger partial charge in [-0.15, -0.1) is 0 Å². The number of rotatable bonds is 10. The zero-order valence-electron chi connectivity index (χ0n) is 25.2. The van der Waals surface area contributed by atoms with Crippen molar-refractivity contribution in [3.63, 3.8) is 0 Å². The third kappa shape index (κ3) is 7.45. The summed E-state index contributed by atoms with van der Waals surface area (Å²) in [6.07, 6.45) is 6.70. The van der Waals surface area contributed by atoms with Crippen molar-refractivity contribution in [1.82, 2.24) is 20.1 Å². The Labute approximate surface area is 258 Å². The molecule has 0 spiro atoms. The molecule has 9 nitrogen and oxygen atoms in total. The summed E-state index contributed by atoms with van der Waals surface area (Å²) in [7, 11) is 1.67. The van der Waals surface area contributed by atoms with Crippen molar-refractivity contribution < 1.29 is 23.9 Å². The number of nitrogens with one attached hydrogen (secondary N) is 1. The van der Waals surface area contributed by atoms with E-state index in [1.807, 2.05) is 36.4 Å². The molecule has 0 unspecified atom stereocenters. The van der Waals surface area contributed by atoms with Gasteiger partial charge in [0.1, 0.15) is 23.3 Å². The smallest absolute Gasteiger partial charge is 0.272 e. The maximum atomic E-state index is 13.1. The Morgan fingerprint density at radius 3 is 2.07 bits per heavy atom. The molecule has 2 amide bonds. The summed E-state index contributed by atoms with van der Waals surface area (Å²) in [5.41, 5.74) is 2.79. The van der Waals surface area contributed by atoms with E-state index in [0.29, 0.717) is 37.2 Å². The lowest BCUT2D eigenvalue weighted by atomic mass is 10.0. The molecule has 0 bridgehead atoms. The second-order valence-electron chi connectivity index (χ2n) is 12.1. The van der Waals surface area contributed by atoms with Crippen LogP contribution in [0.4, 0.5) is 0 Å². The number of carbonyl (C=O) groups is 3. The van der Waals surface area contributed by atoms with Gasteiger partial charge < -0.3 is 19.7 Å². The van der Waals surface area contributed by atoms with Crippen molar-refractivity contribution in [1.29, 1.82) is 0 Å². The zero-order chi connectivity index (χ0) is 30.5. The summed E-state index contributed by atoms with van der Waals surface area (Å²) in [4.78, 5) is 46.7. The fourth-order valence-electron chi connectivity index (χ4n) is 5.96. The molecule has 2 aromatic carbocycles. The monoisotopic (exact) mass is 596 g/mol. The van der Waals surface area contributed by atoms with Crippen molar-refractivity contribution in [2.45, 2.75) is 57.2 Å². The first-order valence-electron chi connectivity index (χ1n) is 15.7. The van der Waals surface area contributed by atoms with E-state index in [0.717, 1.165) is 62.4 Å². The van der Waals surface area contributed by atoms with Gasteiger partial charge in [0.25, 0.3) is 11.8 Å². The van der Waals surface area contributed by atoms with Crippen molar-refractivity contribution in [2.75, 3.05) is 33.3 Å². The molecule has 1 saturated carbocycles. The van der Waals surface area contributed by atoms with Crippen molar-refractivity contribution in [3.8, 4) is 11.5 Å². The number of hydrogen-bond donors (Lipinski definition) is 1. The van der Waals surface area contributed by atoms with Crippen molar-refractivity contribution in [3.05, 3.63) is 89.2 Å². The second kappa shape index (κ2) is 13.6. The molecule has 44 heavy (non-hydrogen) atoms. The van der Waals surface area contributed by atoms with E-state index >= 15 is 0 Å². The number of ether oxygens (including phenoxy) is 2. The summed E-state index contributed by atoms with van der Waals surface area (Å²) < 4.78 is 11.4. The fraction of sp³-hybridized carbons (Fsp3) is 0.429. The molecule has 6 rings (SSSR count). The third-order valence-corrected chi connectivity index (χ3v) is 8.85. The molecule has 1 aliphatic carbocycles. The van der Waals surface area contributed by atoms with Gasteiger partial charge in [0, 0.05) is 69.3 Å². The highest BCUT2D eigenvalue weighted by Crippen LogP contribution is 2.33. The Balaban J connectivity index is 0.922. The third-order valence-electron chi connectivity index (χ3n) is 8.85. The molecule has 0 radical (unpaired) electrons. The van der Waals surface area contributed by atoms with Gasteiger partial charge in [0.15, 0.2) is 5.78 Å². The van der Waals surface area contributed by atoms with Gasteiger partial charge in [-0.25, -0.2) is 0 Å². The number of carbonyl (C=O) groups excluding carboxylic acids is 3. The number of ketones is 1. The zero-order valence-corrected chi connectivity index (χ0v) is 25.2. The largest absolute Gasteiger partial charge is 0.497 e. The molecule has 3 fully saturated rings. The second-order valence-corrected chi connectivity index (χ2v) is 12.1. The van der Waals surface area contributed by atoms with E-state index in [-0.39, 0.29) is 35.7 Å². The van der Waals surface area contributed by atoms with Gasteiger partial charge in [-0.2, -0.15) is 0 Å². The predicted octanol–water partition coefficient (Wildman–Crippen LogP) is 4.76. The van der Waals surface area contributed by atoms with Crippen molar-refractivity contribution >= 4 is 17.6 Å². The number of aromatic nitrogens is 1. The van der Waals surface area contributed by atoms with Crippen LogP contribution in [0, 0.1) is 5.92 Å². The van der Waals surface area contributed by atoms with Crippen molar-refractivity contribution in [2.24, 2.45) is 5.92 Å². The summed E-state index contributed by atoms with van der Waals surface area (Å²) in [5.74, 6) is 1.74. The number of pyridine rings is 1. The normalized spacial score (nSPS) is 18.1. The minimum Gasteiger partial charge on any atom is -0.497 e. The van der Waals surface area contributed by atoms with E-state index in [1.54, 1.807) is 24.1 Å². The Morgan fingerprint density at radius 2 is 1.45 bits per heavy atom. The lowest BCUT2D eigenvalue weighted by Gasteiger charge is -2.32. The molecular formula is C35H40N4O5. The quantitative estimate of drug-likeness (QED) is 0.337. The molecule has 3 aliphatic rings. The van der Waals surface area contributed by atoms with E-state index in [1.165, 1.54) is 11.8 Å². The Hall–Kier alpha value is -4.24. The minimum atomic E-state index is -0.159. The molecule has 230 valence electrons. The van der Waals surface area contributed by atoms with Gasteiger partial charge >= 0.3 is 0 Å². The predicted molar refractivity (Wildman–Crippen MR) is 166 cm³/mol. The maximum Gasteiger partial charge on any atom is 0.272 e. The first-order valence-corrected chi connectivity index (χ1v) is 15.7. The highest BCUT2D eigenvalue weighted by molar-refractivity contribution is 5.99. The number of nitrogens with zero attached hydrogens (tertiary/aromatic N) is 3. The number of benzene rings is 2. The van der Waals surface area contributed by atoms with Gasteiger partial charge in [0.2, 0.25) is 0 Å². The summed E-state index contributed by atoms with van der Waals surface area (Å²) >= 11 is 0. The number of Topliss-reactive ketones (excluding diaryl/α,β-unsaturated/α-hetero) is 1. The standard InChI is InChI=1S/C35H40N4O5/c1-43-29-9-2-24(3-10-29)23-38-18-14-28(15-19-38)37-34(41)27-8-13-32(36-22-27)35(42)39-20-16-31(17-21-39)44-30-11-6-26(7-12-30)33(40)25-4-5-25/h2-3,6-13,22,25,28,31H,4-5,14-21,23H2,1H3,(H,37,41). The first-order chi connectivity index (χ1) is 21.4. The van der Waals surface area contributed by atoms with Crippen LogP contribution in [0.2, 0.25) is 0 Å². The number of likely N-dealkylation sites (tertiary alicyclic amines) is 2. The van der Waals surface area contributed by atoms with E-state index < -0.39 is 0 Å². The van der Waals surface area contributed by atoms with Crippen LogP contribution >= 0.6 is 0 Å². The molecule has 0 atom stereocenters. The molecular weight excluding hydrogens is 556 g/mol. The lowest BCUT2D eigenvalue weighted by Crippen LogP contribution is -2.44. The highest BCUT2D eigenvalue weighted by atomic mass is 16.5. The minimum absolute atomic E-state index is 0.0115. The molecule has 1 N–H and O–H groups in total. The van der Waals surface area contributed by atoms with Crippen LogP contribution in [-0.4, -0.2) is 77.8 Å². The van der Waals surface area contributed by atoms with E-state index in [2.05, 4.69) is 27.3 Å². The lowest BCUT2D eigenvalue weighted by molar-refractivity contribution is 0.0589. The Bertz CT molecular complexity index is 1440. The maximum absolute atomic E-state index is 13.1. The van der Waals surface area contributed by atoms with Crippen LogP contribution in [0.5, 0.6) is 11.5 Å².